The molecule has 5 nitrogen and oxygen atoms in total. The molecule has 1 aliphatic rings. The second kappa shape index (κ2) is 6.88. The first kappa shape index (κ1) is 16.9. The van der Waals surface area contributed by atoms with Crippen molar-refractivity contribution in [2.45, 2.75) is 19.3 Å². The van der Waals surface area contributed by atoms with Gasteiger partial charge in [0.15, 0.2) is 0 Å². The number of carbonyl (C=O) groups is 2. The standard InChI is InChI=1S/C18H17F2N3O2/c1-10-2-4-11(5-3-10)13-9-14(13)17(24)22-23-18(25)21-16-7-6-12(19)8-15(16)20/h2-8,13-14H,9H2,1H3,(H,22,24)(H2,21,23,25)/t13-,14-/m1/s1. The molecular weight excluding hydrogens is 328 g/mol. The van der Waals surface area contributed by atoms with Gasteiger partial charge in [0.2, 0.25) is 5.91 Å². The summed E-state index contributed by atoms with van der Waals surface area (Å²) in [6.07, 6.45) is 0.713. The molecule has 2 aromatic rings. The maximum absolute atomic E-state index is 13.4. The SMILES string of the molecule is Cc1ccc([C@H]2C[C@H]2C(=O)NNC(=O)Nc2ccc(F)cc2F)cc1. The smallest absolute Gasteiger partial charge is 0.304 e. The zero-order chi connectivity index (χ0) is 18.0. The Hall–Kier alpha value is -2.96. The average Bonchev–Trinajstić information content (AvgIpc) is 3.37. The van der Waals surface area contributed by atoms with E-state index in [1.165, 1.54) is 0 Å². The van der Waals surface area contributed by atoms with Gasteiger partial charge in [0.25, 0.3) is 0 Å². The molecule has 0 bridgehead atoms. The quantitative estimate of drug-likeness (QED) is 0.748. The van der Waals surface area contributed by atoms with E-state index < -0.39 is 17.7 Å². The maximum Gasteiger partial charge on any atom is 0.338 e. The first-order valence-electron chi connectivity index (χ1n) is 7.82. The number of aryl methyl sites for hydroxylation is 1. The van der Waals surface area contributed by atoms with Crippen LogP contribution in [0.3, 0.4) is 0 Å². The largest absolute Gasteiger partial charge is 0.338 e. The van der Waals surface area contributed by atoms with E-state index in [0.29, 0.717) is 12.5 Å². The Morgan fingerprint density at radius 2 is 1.76 bits per heavy atom. The molecule has 0 aliphatic heterocycles. The molecule has 1 fully saturated rings. The summed E-state index contributed by atoms with van der Waals surface area (Å²) >= 11 is 0. The van der Waals surface area contributed by atoms with E-state index in [-0.39, 0.29) is 23.4 Å². The summed E-state index contributed by atoms with van der Waals surface area (Å²) in [5.74, 6) is -2.01. The maximum atomic E-state index is 13.4. The molecule has 130 valence electrons. The fraction of sp³-hybridized carbons (Fsp3) is 0.222. The van der Waals surface area contributed by atoms with E-state index in [4.69, 9.17) is 0 Å². The van der Waals surface area contributed by atoms with Crippen LogP contribution in [0.5, 0.6) is 0 Å². The number of amides is 3. The number of halogens is 2. The number of carbonyl (C=O) groups excluding carboxylic acids is 2. The van der Waals surface area contributed by atoms with E-state index in [1.54, 1.807) is 0 Å². The Kier molecular flexibility index (Phi) is 4.65. The van der Waals surface area contributed by atoms with Crippen LogP contribution < -0.4 is 16.2 Å². The molecule has 0 radical (unpaired) electrons. The lowest BCUT2D eigenvalue weighted by atomic mass is 10.1. The van der Waals surface area contributed by atoms with Crippen molar-refractivity contribution in [3.8, 4) is 0 Å². The third-order valence-electron chi connectivity index (χ3n) is 4.11. The Morgan fingerprint density at radius 1 is 1.04 bits per heavy atom. The van der Waals surface area contributed by atoms with Gasteiger partial charge in [-0.25, -0.2) is 19.0 Å². The monoisotopic (exact) mass is 345 g/mol. The zero-order valence-corrected chi connectivity index (χ0v) is 13.5. The van der Waals surface area contributed by atoms with Gasteiger partial charge in [0, 0.05) is 12.0 Å². The summed E-state index contributed by atoms with van der Waals surface area (Å²) in [4.78, 5) is 23.7. The van der Waals surface area contributed by atoms with Crippen LogP contribution in [0.4, 0.5) is 19.3 Å². The Bertz CT molecular complexity index is 808. The Labute approximate surface area is 143 Å². The molecule has 1 aliphatic carbocycles. The first-order chi connectivity index (χ1) is 11.9. The van der Waals surface area contributed by atoms with Crippen molar-refractivity contribution < 1.29 is 18.4 Å². The molecule has 0 spiro atoms. The molecule has 3 rings (SSSR count). The number of urea groups is 1. The summed E-state index contributed by atoms with van der Waals surface area (Å²) < 4.78 is 26.3. The van der Waals surface area contributed by atoms with Gasteiger partial charge >= 0.3 is 6.03 Å². The third-order valence-corrected chi connectivity index (χ3v) is 4.11. The number of nitrogens with one attached hydrogen (secondary N) is 3. The first-order valence-corrected chi connectivity index (χ1v) is 7.82. The van der Waals surface area contributed by atoms with E-state index in [9.17, 15) is 18.4 Å². The minimum atomic E-state index is -0.900. The number of rotatable bonds is 3. The lowest BCUT2D eigenvalue weighted by Gasteiger charge is -2.09. The van der Waals surface area contributed by atoms with E-state index in [0.717, 1.165) is 23.3 Å². The number of anilines is 1. The second-order valence-electron chi connectivity index (χ2n) is 6.05. The second-order valence-corrected chi connectivity index (χ2v) is 6.05. The summed E-state index contributed by atoms with van der Waals surface area (Å²) in [5.41, 5.74) is 6.53. The van der Waals surface area contributed by atoms with E-state index in [1.807, 2.05) is 31.2 Å². The van der Waals surface area contributed by atoms with Gasteiger partial charge < -0.3 is 5.32 Å². The van der Waals surface area contributed by atoms with Crippen molar-refractivity contribution in [3.63, 3.8) is 0 Å². The summed E-state index contributed by atoms with van der Waals surface area (Å²) in [5, 5.41) is 2.19. The molecule has 7 heteroatoms. The topological polar surface area (TPSA) is 70.2 Å². The van der Waals surface area contributed by atoms with Crippen molar-refractivity contribution >= 4 is 17.6 Å². The predicted molar refractivity (Wildman–Crippen MR) is 88.7 cm³/mol. The highest BCUT2D eigenvalue weighted by molar-refractivity contribution is 5.92. The average molecular weight is 345 g/mol. The predicted octanol–water partition coefficient (Wildman–Crippen LogP) is 3.23. The van der Waals surface area contributed by atoms with Crippen LogP contribution in [0.25, 0.3) is 0 Å². The highest BCUT2D eigenvalue weighted by atomic mass is 19.1. The van der Waals surface area contributed by atoms with Crippen molar-refractivity contribution in [2.75, 3.05) is 5.32 Å². The lowest BCUT2D eigenvalue weighted by molar-refractivity contribution is -0.123. The molecule has 0 unspecified atom stereocenters. The van der Waals surface area contributed by atoms with Crippen molar-refractivity contribution in [1.82, 2.24) is 10.9 Å². The van der Waals surface area contributed by atoms with Crippen molar-refractivity contribution in [3.05, 3.63) is 65.2 Å². The van der Waals surface area contributed by atoms with E-state index >= 15 is 0 Å². The highest BCUT2D eigenvalue weighted by Gasteiger charge is 2.44. The van der Waals surface area contributed by atoms with E-state index in [2.05, 4.69) is 16.2 Å². The summed E-state index contributed by atoms with van der Waals surface area (Å²) in [7, 11) is 0. The number of hydrazine groups is 1. The minimum absolute atomic E-state index is 0.139. The molecule has 2 aromatic carbocycles. The molecule has 0 saturated heterocycles. The molecular formula is C18H17F2N3O2. The van der Waals surface area contributed by atoms with Crippen LogP contribution in [-0.4, -0.2) is 11.9 Å². The fourth-order valence-electron chi connectivity index (χ4n) is 2.62. The molecule has 3 amide bonds. The zero-order valence-electron chi connectivity index (χ0n) is 13.5. The van der Waals surface area contributed by atoms with Gasteiger partial charge in [-0.3, -0.25) is 10.2 Å². The number of hydrogen-bond acceptors (Lipinski definition) is 2. The highest BCUT2D eigenvalue weighted by Crippen LogP contribution is 2.47. The summed E-state index contributed by atoms with van der Waals surface area (Å²) in [6, 6.07) is 9.93. The minimum Gasteiger partial charge on any atom is -0.304 e. The summed E-state index contributed by atoms with van der Waals surface area (Å²) in [6.45, 7) is 1.99. The van der Waals surface area contributed by atoms with Crippen LogP contribution in [0.15, 0.2) is 42.5 Å². The van der Waals surface area contributed by atoms with Crippen molar-refractivity contribution in [2.24, 2.45) is 5.92 Å². The molecule has 1 saturated carbocycles. The molecule has 3 N–H and O–H groups in total. The third kappa shape index (κ3) is 4.12. The van der Waals surface area contributed by atoms with Gasteiger partial charge in [-0.15, -0.1) is 0 Å². The molecule has 0 aromatic heterocycles. The fourth-order valence-corrected chi connectivity index (χ4v) is 2.62. The Balaban J connectivity index is 1.48. The van der Waals surface area contributed by atoms with Crippen LogP contribution in [0.1, 0.15) is 23.5 Å². The molecule has 0 heterocycles. The van der Waals surface area contributed by atoms with Crippen molar-refractivity contribution in [1.29, 1.82) is 0 Å². The van der Waals surface area contributed by atoms with Gasteiger partial charge in [0.1, 0.15) is 11.6 Å². The Morgan fingerprint density at radius 3 is 2.44 bits per heavy atom. The normalized spacial score (nSPS) is 18.4. The van der Waals surface area contributed by atoms with Gasteiger partial charge in [-0.05, 0) is 37.0 Å². The molecule has 25 heavy (non-hydrogen) atoms. The molecule has 2 atom stereocenters. The van der Waals surface area contributed by atoms with Gasteiger partial charge in [-0.1, -0.05) is 29.8 Å². The van der Waals surface area contributed by atoms with Crippen LogP contribution >= 0.6 is 0 Å². The van der Waals surface area contributed by atoms with Gasteiger partial charge in [-0.2, -0.15) is 0 Å². The lowest BCUT2D eigenvalue weighted by Crippen LogP contribution is -2.44. The van der Waals surface area contributed by atoms with Crippen LogP contribution in [-0.2, 0) is 4.79 Å². The number of hydrogen-bond donors (Lipinski definition) is 3. The van der Waals surface area contributed by atoms with Crippen LogP contribution in [0.2, 0.25) is 0 Å². The number of benzene rings is 2. The van der Waals surface area contributed by atoms with Gasteiger partial charge in [0.05, 0.1) is 5.69 Å². The van der Waals surface area contributed by atoms with Crippen LogP contribution in [0, 0.1) is 24.5 Å².